The summed E-state index contributed by atoms with van der Waals surface area (Å²) in [6.45, 7) is 0. The van der Waals surface area contributed by atoms with Gasteiger partial charge in [0.05, 0.1) is 22.6 Å². The van der Waals surface area contributed by atoms with Gasteiger partial charge < -0.3 is 5.32 Å². The normalized spacial score (nSPS) is 10.5. The molecule has 0 atom stereocenters. The molecule has 3 aromatic carbocycles. The number of rotatable bonds is 3. The van der Waals surface area contributed by atoms with Crippen LogP contribution in [0, 0.1) is 0 Å². The Morgan fingerprint density at radius 2 is 1.35 bits per heavy atom. The number of pyridine rings is 1. The number of hydrogen-bond donors (Lipinski definition) is 1. The number of nitrogens with zero attached hydrogens (tertiary/aromatic N) is 2. The van der Waals surface area contributed by atoms with Gasteiger partial charge in [0.2, 0.25) is 0 Å². The Morgan fingerprint density at radius 1 is 0.731 bits per heavy atom. The molecule has 126 valence electrons. The number of amides is 2. The summed E-state index contributed by atoms with van der Waals surface area (Å²) in [5.41, 5.74) is 3.04. The van der Waals surface area contributed by atoms with Crippen molar-refractivity contribution < 1.29 is 4.79 Å². The summed E-state index contributed by atoms with van der Waals surface area (Å²) in [6.07, 6.45) is 1.73. The van der Waals surface area contributed by atoms with Crippen LogP contribution in [-0.4, -0.2) is 11.0 Å². The van der Waals surface area contributed by atoms with E-state index in [2.05, 4.69) is 10.3 Å². The van der Waals surface area contributed by atoms with Crippen LogP contribution in [0.4, 0.5) is 21.9 Å². The van der Waals surface area contributed by atoms with E-state index in [-0.39, 0.29) is 6.03 Å². The monoisotopic (exact) mass is 339 g/mol. The van der Waals surface area contributed by atoms with Gasteiger partial charge in [0.15, 0.2) is 0 Å². The number of aromatic nitrogens is 1. The minimum Gasteiger partial charge on any atom is -0.305 e. The van der Waals surface area contributed by atoms with Crippen molar-refractivity contribution in [2.45, 2.75) is 0 Å². The van der Waals surface area contributed by atoms with Gasteiger partial charge in [-0.2, -0.15) is 0 Å². The first kappa shape index (κ1) is 15.8. The third-order valence-electron chi connectivity index (χ3n) is 4.11. The second-order valence-corrected chi connectivity index (χ2v) is 5.82. The maximum Gasteiger partial charge on any atom is 0.331 e. The van der Waals surface area contributed by atoms with Crippen molar-refractivity contribution in [3.63, 3.8) is 0 Å². The van der Waals surface area contributed by atoms with E-state index in [9.17, 15) is 4.79 Å². The van der Waals surface area contributed by atoms with Crippen LogP contribution < -0.4 is 10.2 Å². The van der Waals surface area contributed by atoms with Crippen molar-refractivity contribution in [2.75, 3.05) is 10.2 Å². The molecule has 26 heavy (non-hydrogen) atoms. The van der Waals surface area contributed by atoms with Gasteiger partial charge >= 0.3 is 6.03 Å². The molecule has 0 aliphatic heterocycles. The lowest BCUT2D eigenvalue weighted by molar-refractivity contribution is 0.259. The smallest absolute Gasteiger partial charge is 0.305 e. The highest BCUT2D eigenvalue weighted by atomic mass is 16.2. The number of carbonyl (C=O) groups is 1. The Kier molecular flexibility index (Phi) is 4.31. The standard InChI is InChI=1S/C22H17N3O/c26-22(24-20-15-7-9-17-10-8-16-23-21(17)20)25(18-11-3-1-4-12-18)19-13-5-2-6-14-19/h1-16H,(H,24,26). The van der Waals surface area contributed by atoms with E-state index >= 15 is 0 Å². The highest BCUT2D eigenvalue weighted by molar-refractivity contribution is 6.10. The van der Waals surface area contributed by atoms with Gasteiger partial charge in [0.25, 0.3) is 0 Å². The molecule has 0 radical (unpaired) electrons. The molecule has 1 aromatic heterocycles. The molecular formula is C22H17N3O. The van der Waals surface area contributed by atoms with Crippen molar-refractivity contribution in [2.24, 2.45) is 0 Å². The minimum atomic E-state index is -0.236. The van der Waals surface area contributed by atoms with Crippen LogP contribution in [0.15, 0.2) is 97.2 Å². The summed E-state index contributed by atoms with van der Waals surface area (Å²) in [5, 5.41) is 3.99. The number of para-hydroxylation sites is 3. The van der Waals surface area contributed by atoms with E-state index in [0.717, 1.165) is 22.3 Å². The minimum absolute atomic E-state index is 0.236. The van der Waals surface area contributed by atoms with Crippen LogP contribution in [0.25, 0.3) is 10.9 Å². The lowest BCUT2D eigenvalue weighted by atomic mass is 10.2. The summed E-state index contributed by atoms with van der Waals surface area (Å²) in [4.78, 5) is 19.2. The van der Waals surface area contributed by atoms with Crippen LogP contribution in [0.2, 0.25) is 0 Å². The van der Waals surface area contributed by atoms with Gasteiger partial charge in [-0.15, -0.1) is 0 Å². The Morgan fingerprint density at radius 3 is 2.00 bits per heavy atom. The van der Waals surface area contributed by atoms with Crippen LogP contribution in [0.5, 0.6) is 0 Å². The predicted octanol–water partition coefficient (Wildman–Crippen LogP) is 5.61. The van der Waals surface area contributed by atoms with Gasteiger partial charge in [-0.05, 0) is 36.4 Å². The molecule has 4 heteroatoms. The third kappa shape index (κ3) is 3.13. The zero-order valence-electron chi connectivity index (χ0n) is 14.0. The van der Waals surface area contributed by atoms with Crippen LogP contribution in [0.1, 0.15) is 0 Å². The molecule has 4 rings (SSSR count). The number of urea groups is 1. The molecule has 1 heterocycles. The van der Waals surface area contributed by atoms with E-state index in [1.807, 2.05) is 91.0 Å². The van der Waals surface area contributed by atoms with Gasteiger partial charge in [0, 0.05) is 11.6 Å². The number of carbonyl (C=O) groups excluding carboxylic acids is 1. The lowest BCUT2D eigenvalue weighted by Gasteiger charge is -2.23. The molecule has 1 N–H and O–H groups in total. The topological polar surface area (TPSA) is 45.2 Å². The molecule has 4 nitrogen and oxygen atoms in total. The van der Waals surface area contributed by atoms with Crippen molar-refractivity contribution in [3.8, 4) is 0 Å². The number of nitrogens with one attached hydrogen (secondary N) is 1. The number of benzene rings is 3. The average Bonchev–Trinajstić information content (AvgIpc) is 2.70. The van der Waals surface area contributed by atoms with Gasteiger partial charge in [0.1, 0.15) is 0 Å². The maximum atomic E-state index is 13.1. The third-order valence-corrected chi connectivity index (χ3v) is 4.11. The Hall–Kier alpha value is -3.66. The van der Waals surface area contributed by atoms with E-state index < -0.39 is 0 Å². The first-order chi connectivity index (χ1) is 12.8. The van der Waals surface area contributed by atoms with E-state index in [1.54, 1.807) is 11.1 Å². The van der Waals surface area contributed by atoms with Gasteiger partial charge in [-0.3, -0.25) is 9.88 Å². The lowest BCUT2D eigenvalue weighted by Crippen LogP contribution is -2.30. The molecule has 4 aromatic rings. The molecule has 2 amide bonds. The number of hydrogen-bond acceptors (Lipinski definition) is 2. The highest BCUT2D eigenvalue weighted by Crippen LogP contribution is 2.27. The van der Waals surface area contributed by atoms with Crippen molar-refractivity contribution in [1.29, 1.82) is 0 Å². The Labute approximate surface area is 151 Å². The Bertz CT molecular complexity index is 988. The fraction of sp³-hybridized carbons (Fsp3) is 0. The molecule has 0 unspecified atom stereocenters. The second kappa shape index (κ2) is 7.07. The Balaban J connectivity index is 1.73. The SMILES string of the molecule is O=C(Nc1cccc2cccnc12)N(c1ccccc1)c1ccccc1. The average molecular weight is 339 g/mol. The maximum absolute atomic E-state index is 13.1. The quantitative estimate of drug-likeness (QED) is 0.527. The summed E-state index contributed by atoms with van der Waals surface area (Å²) in [7, 11) is 0. The van der Waals surface area contributed by atoms with Crippen molar-refractivity contribution >= 4 is 34.0 Å². The fourth-order valence-electron chi connectivity index (χ4n) is 2.91. The summed E-state index contributed by atoms with van der Waals surface area (Å²) < 4.78 is 0. The largest absolute Gasteiger partial charge is 0.331 e. The molecular weight excluding hydrogens is 322 g/mol. The zero-order chi connectivity index (χ0) is 17.8. The first-order valence-electron chi connectivity index (χ1n) is 8.38. The zero-order valence-corrected chi connectivity index (χ0v) is 14.0. The van der Waals surface area contributed by atoms with Gasteiger partial charge in [-0.1, -0.05) is 54.6 Å². The molecule has 0 bridgehead atoms. The fourth-order valence-corrected chi connectivity index (χ4v) is 2.91. The van der Waals surface area contributed by atoms with E-state index in [4.69, 9.17) is 0 Å². The second-order valence-electron chi connectivity index (χ2n) is 5.82. The molecule has 0 saturated carbocycles. The molecule has 0 saturated heterocycles. The molecule has 0 spiro atoms. The van der Waals surface area contributed by atoms with E-state index in [1.165, 1.54) is 0 Å². The molecule has 0 fully saturated rings. The van der Waals surface area contributed by atoms with Crippen LogP contribution in [0.3, 0.4) is 0 Å². The van der Waals surface area contributed by atoms with Gasteiger partial charge in [-0.25, -0.2) is 4.79 Å². The predicted molar refractivity (Wildman–Crippen MR) is 106 cm³/mol. The first-order valence-corrected chi connectivity index (χ1v) is 8.38. The summed E-state index contributed by atoms with van der Waals surface area (Å²) in [5.74, 6) is 0. The summed E-state index contributed by atoms with van der Waals surface area (Å²) in [6, 6.07) is 28.5. The van der Waals surface area contributed by atoms with Crippen LogP contribution in [-0.2, 0) is 0 Å². The molecule has 0 aliphatic carbocycles. The molecule has 0 aliphatic rings. The van der Waals surface area contributed by atoms with Crippen molar-refractivity contribution in [1.82, 2.24) is 4.98 Å². The number of fused-ring (bicyclic) bond motifs is 1. The number of anilines is 3. The highest BCUT2D eigenvalue weighted by Gasteiger charge is 2.18. The van der Waals surface area contributed by atoms with E-state index in [0.29, 0.717) is 5.69 Å². The van der Waals surface area contributed by atoms with Crippen molar-refractivity contribution in [3.05, 3.63) is 97.2 Å². The van der Waals surface area contributed by atoms with Crippen LogP contribution >= 0.6 is 0 Å². The summed E-state index contributed by atoms with van der Waals surface area (Å²) >= 11 is 0.